The zero-order valence-corrected chi connectivity index (χ0v) is 14.2. The van der Waals surface area contributed by atoms with E-state index in [1.807, 2.05) is 24.3 Å². The highest BCUT2D eigenvalue weighted by atomic mass is 19.1. The first-order valence-electron chi connectivity index (χ1n) is 8.04. The molecule has 2 aromatic carbocycles. The first-order chi connectivity index (χ1) is 12.7. The normalized spacial score (nSPS) is 10.2. The average molecular weight is 351 g/mol. The van der Waals surface area contributed by atoms with Gasteiger partial charge >= 0.3 is 0 Å². The molecule has 0 fully saturated rings. The number of benzene rings is 2. The SMILES string of the molecule is COc1ccccc1CNc1ccnc(C(=O)Nc2cccc(F)c2)c1. The molecule has 1 heterocycles. The Morgan fingerprint density at radius 1 is 1.08 bits per heavy atom. The van der Waals surface area contributed by atoms with Gasteiger partial charge in [-0.2, -0.15) is 0 Å². The lowest BCUT2D eigenvalue weighted by Gasteiger charge is -2.11. The van der Waals surface area contributed by atoms with Crippen molar-refractivity contribution in [2.45, 2.75) is 6.54 Å². The second-order valence-electron chi connectivity index (χ2n) is 5.56. The molecule has 6 heteroatoms. The molecule has 1 amide bonds. The second-order valence-corrected chi connectivity index (χ2v) is 5.56. The summed E-state index contributed by atoms with van der Waals surface area (Å²) in [4.78, 5) is 16.4. The highest BCUT2D eigenvalue weighted by Gasteiger charge is 2.09. The monoisotopic (exact) mass is 351 g/mol. The maximum Gasteiger partial charge on any atom is 0.274 e. The number of para-hydroxylation sites is 1. The van der Waals surface area contributed by atoms with E-state index in [2.05, 4.69) is 15.6 Å². The van der Waals surface area contributed by atoms with Crippen molar-refractivity contribution in [2.75, 3.05) is 17.7 Å². The Kier molecular flexibility index (Phi) is 5.43. The van der Waals surface area contributed by atoms with Crippen molar-refractivity contribution in [2.24, 2.45) is 0 Å². The Labute approximate surface area is 150 Å². The topological polar surface area (TPSA) is 63.2 Å². The molecule has 26 heavy (non-hydrogen) atoms. The lowest BCUT2D eigenvalue weighted by molar-refractivity contribution is 0.102. The summed E-state index contributed by atoms with van der Waals surface area (Å²) >= 11 is 0. The van der Waals surface area contributed by atoms with E-state index in [1.165, 1.54) is 18.2 Å². The Balaban J connectivity index is 1.68. The molecule has 2 N–H and O–H groups in total. The third kappa shape index (κ3) is 4.36. The zero-order valence-electron chi connectivity index (χ0n) is 14.2. The molecule has 0 aliphatic heterocycles. The fourth-order valence-corrected chi connectivity index (χ4v) is 2.47. The van der Waals surface area contributed by atoms with E-state index in [-0.39, 0.29) is 5.69 Å². The molecule has 1 aromatic heterocycles. The molecule has 0 radical (unpaired) electrons. The van der Waals surface area contributed by atoms with E-state index in [9.17, 15) is 9.18 Å². The molecule has 0 bridgehead atoms. The fraction of sp³-hybridized carbons (Fsp3) is 0.100. The number of nitrogens with one attached hydrogen (secondary N) is 2. The van der Waals surface area contributed by atoms with Gasteiger partial charge in [-0.05, 0) is 36.4 Å². The number of hydrogen-bond acceptors (Lipinski definition) is 4. The van der Waals surface area contributed by atoms with Gasteiger partial charge < -0.3 is 15.4 Å². The van der Waals surface area contributed by atoms with Crippen LogP contribution in [0, 0.1) is 5.82 Å². The highest BCUT2D eigenvalue weighted by Crippen LogP contribution is 2.19. The number of nitrogens with zero attached hydrogens (tertiary/aromatic N) is 1. The third-order valence-corrected chi connectivity index (χ3v) is 3.75. The van der Waals surface area contributed by atoms with Crippen LogP contribution in [0.5, 0.6) is 5.75 Å². The van der Waals surface area contributed by atoms with Gasteiger partial charge in [0, 0.05) is 29.7 Å². The van der Waals surface area contributed by atoms with Gasteiger partial charge in [0.15, 0.2) is 0 Å². The van der Waals surface area contributed by atoms with E-state index in [0.717, 1.165) is 17.0 Å². The van der Waals surface area contributed by atoms with Crippen LogP contribution in [-0.4, -0.2) is 18.0 Å². The predicted molar refractivity (Wildman–Crippen MR) is 98.9 cm³/mol. The first-order valence-corrected chi connectivity index (χ1v) is 8.04. The van der Waals surface area contributed by atoms with Crippen molar-refractivity contribution in [1.29, 1.82) is 0 Å². The number of anilines is 2. The maximum absolute atomic E-state index is 13.2. The molecule has 0 unspecified atom stereocenters. The molecule has 0 atom stereocenters. The minimum absolute atomic E-state index is 0.235. The second kappa shape index (κ2) is 8.11. The number of carbonyl (C=O) groups is 1. The summed E-state index contributed by atoms with van der Waals surface area (Å²) in [5.74, 6) is -0.0300. The van der Waals surface area contributed by atoms with Crippen molar-refractivity contribution in [1.82, 2.24) is 4.98 Å². The summed E-state index contributed by atoms with van der Waals surface area (Å²) in [6.07, 6.45) is 1.55. The molecule has 3 aromatic rings. The number of ether oxygens (including phenoxy) is 1. The maximum atomic E-state index is 13.2. The quantitative estimate of drug-likeness (QED) is 0.702. The van der Waals surface area contributed by atoms with Crippen LogP contribution in [0.25, 0.3) is 0 Å². The number of rotatable bonds is 6. The van der Waals surface area contributed by atoms with Crippen molar-refractivity contribution < 1.29 is 13.9 Å². The molecule has 0 aliphatic rings. The van der Waals surface area contributed by atoms with Gasteiger partial charge in [-0.1, -0.05) is 24.3 Å². The summed E-state index contributed by atoms with van der Waals surface area (Å²) in [7, 11) is 1.63. The van der Waals surface area contributed by atoms with Crippen LogP contribution in [0.4, 0.5) is 15.8 Å². The van der Waals surface area contributed by atoms with Crippen LogP contribution < -0.4 is 15.4 Å². The summed E-state index contributed by atoms with van der Waals surface area (Å²) in [5, 5.41) is 5.87. The molecule has 0 spiro atoms. The van der Waals surface area contributed by atoms with Crippen molar-refractivity contribution >= 4 is 17.3 Å². The highest BCUT2D eigenvalue weighted by molar-refractivity contribution is 6.03. The number of halogens is 1. The number of aromatic nitrogens is 1. The van der Waals surface area contributed by atoms with Crippen LogP contribution in [-0.2, 0) is 6.54 Å². The minimum Gasteiger partial charge on any atom is -0.496 e. The van der Waals surface area contributed by atoms with Gasteiger partial charge in [-0.3, -0.25) is 9.78 Å². The van der Waals surface area contributed by atoms with Gasteiger partial charge in [0.2, 0.25) is 0 Å². The van der Waals surface area contributed by atoms with E-state index < -0.39 is 11.7 Å². The Hall–Kier alpha value is -3.41. The van der Waals surface area contributed by atoms with Crippen molar-refractivity contribution in [3.8, 4) is 5.75 Å². The van der Waals surface area contributed by atoms with E-state index >= 15 is 0 Å². The van der Waals surface area contributed by atoms with Gasteiger partial charge in [0.1, 0.15) is 17.3 Å². The molecule has 0 saturated heterocycles. The number of pyridine rings is 1. The summed E-state index contributed by atoms with van der Waals surface area (Å²) in [6, 6.07) is 16.8. The average Bonchev–Trinajstić information content (AvgIpc) is 2.67. The van der Waals surface area contributed by atoms with Crippen LogP contribution in [0.3, 0.4) is 0 Å². The summed E-state index contributed by atoms with van der Waals surface area (Å²) < 4.78 is 18.5. The molecule has 5 nitrogen and oxygen atoms in total. The third-order valence-electron chi connectivity index (χ3n) is 3.75. The Morgan fingerprint density at radius 3 is 2.73 bits per heavy atom. The van der Waals surface area contributed by atoms with E-state index in [4.69, 9.17) is 4.74 Å². The summed E-state index contributed by atoms with van der Waals surface area (Å²) in [5.41, 5.74) is 2.36. The number of amides is 1. The molecular formula is C20H18FN3O2. The molecule has 3 rings (SSSR count). The van der Waals surface area contributed by atoms with Crippen LogP contribution in [0.2, 0.25) is 0 Å². The zero-order chi connectivity index (χ0) is 18.4. The number of methoxy groups -OCH3 is 1. The van der Waals surface area contributed by atoms with Gasteiger partial charge in [0.05, 0.1) is 7.11 Å². The number of carbonyl (C=O) groups excluding carboxylic acids is 1. The van der Waals surface area contributed by atoms with Crippen LogP contribution >= 0.6 is 0 Å². The van der Waals surface area contributed by atoms with Crippen molar-refractivity contribution in [3.63, 3.8) is 0 Å². The van der Waals surface area contributed by atoms with E-state index in [0.29, 0.717) is 12.2 Å². The lowest BCUT2D eigenvalue weighted by atomic mass is 10.2. The van der Waals surface area contributed by atoms with Crippen LogP contribution in [0.15, 0.2) is 66.9 Å². The van der Waals surface area contributed by atoms with Gasteiger partial charge in [-0.25, -0.2) is 4.39 Å². The van der Waals surface area contributed by atoms with E-state index in [1.54, 1.807) is 31.5 Å². The van der Waals surface area contributed by atoms with Gasteiger partial charge in [0.25, 0.3) is 5.91 Å². The van der Waals surface area contributed by atoms with Gasteiger partial charge in [-0.15, -0.1) is 0 Å². The van der Waals surface area contributed by atoms with Crippen LogP contribution in [0.1, 0.15) is 16.1 Å². The lowest BCUT2D eigenvalue weighted by Crippen LogP contribution is -2.14. The molecule has 0 saturated carbocycles. The molecular weight excluding hydrogens is 333 g/mol. The number of hydrogen-bond donors (Lipinski definition) is 2. The molecule has 132 valence electrons. The Bertz CT molecular complexity index is 915. The summed E-state index contributed by atoms with van der Waals surface area (Å²) in [6.45, 7) is 0.541. The molecule has 0 aliphatic carbocycles. The standard InChI is InChI=1S/C20H18FN3O2/c1-26-19-8-3-2-5-14(19)13-23-16-9-10-22-18(12-16)20(25)24-17-7-4-6-15(21)11-17/h2-12H,13H2,1H3,(H,22,23)(H,24,25). The predicted octanol–water partition coefficient (Wildman–Crippen LogP) is 4.09. The fourth-order valence-electron chi connectivity index (χ4n) is 2.47. The largest absolute Gasteiger partial charge is 0.496 e. The Morgan fingerprint density at radius 2 is 1.92 bits per heavy atom. The van der Waals surface area contributed by atoms with Crippen molar-refractivity contribution in [3.05, 3.63) is 83.9 Å². The first kappa shape index (κ1) is 17.4. The smallest absolute Gasteiger partial charge is 0.274 e. The minimum atomic E-state index is -0.414.